The molecule has 1 aromatic heterocycles. The van der Waals surface area contributed by atoms with Gasteiger partial charge in [-0.15, -0.1) is 0 Å². The molecule has 6 nitrogen and oxygen atoms in total. The van der Waals surface area contributed by atoms with E-state index in [2.05, 4.69) is 29.1 Å². The number of rotatable bonds is 7. The first-order valence-corrected chi connectivity index (χ1v) is 6.94. The normalized spacial score (nSPS) is 14.4. The number of hydrogen-bond donors (Lipinski definition) is 3. The zero-order chi connectivity index (χ0) is 15.3. The predicted molar refractivity (Wildman–Crippen MR) is 80.8 cm³/mol. The summed E-state index contributed by atoms with van der Waals surface area (Å²) in [5, 5.41) is 13.3. The van der Waals surface area contributed by atoms with Crippen molar-refractivity contribution in [3.63, 3.8) is 0 Å². The van der Waals surface area contributed by atoms with Crippen LogP contribution in [0.15, 0.2) is 6.33 Å². The van der Waals surface area contributed by atoms with Gasteiger partial charge < -0.3 is 20.9 Å². The third-order valence-electron chi connectivity index (χ3n) is 2.68. The molecule has 0 fully saturated rings. The van der Waals surface area contributed by atoms with E-state index in [4.69, 9.17) is 10.5 Å². The Morgan fingerprint density at radius 3 is 2.55 bits per heavy atom. The first-order valence-electron chi connectivity index (χ1n) is 6.94. The average molecular weight is 282 g/mol. The number of anilines is 2. The van der Waals surface area contributed by atoms with E-state index in [0.717, 1.165) is 0 Å². The summed E-state index contributed by atoms with van der Waals surface area (Å²) in [5.74, 6) is 1.26. The van der Waals surface area contributed by atoms with Crippen molar-refractivity contribution in [2.24, 2.45) is 5.92 Å². The molecule has 0 aliphatic carbocycles. The Balaban J connectivity index is 2.73. The van der Waals surface area contributed by atoms with Crippen LogP contribution in [0, 0.1) is 5.92 Å². The molecule has 0 aromatic carbocycles. The van der Waals surface area contributed by atoms with E-state index >= 15 is 0 Å². The molecule has 0 bridgehead atoms. The van der Waals surface area contributed by atoms with Gasteiger partial charge in [-0.05, 0) is 33.1 Å². The van der Waals surface area contributed by atoms with Crippen molar-refractivity contribution >= 4 is 11.5 Å². The number of aliphatic hydroxyl groups is 1. The summed E-state index contributed by atoms with van der Waals surface area (Å²) in [7, 11) is 0. The fourth-order valence-corrected chi connectivity index (χ4v) is 2.06. The van der Waals surface area contributed by atoms with Gasteiger partial charge in [0.25, 0.3) is 0 Å². The molecule has 0 aliphatic rings. The maximum absolute atomic E-state index is 10.3. The minimum absolute atomic E-state index is 0.0101. The van der Waals surface area contributed by atoms with Crippen molar-refractivity contribution in [3.05, 3.63) is 6.33 Å². The molecule has 0 aliphatic heterocycles. The number of nitrogens with one attached hydrogen (secondary N) is 1. The van der Waals surface area contributed by atoms with Crippen molar-refractivity contribution in [3.8, 4) is 5.88 Å². The largest absolute Gasteiger partial charge is 0.473 e. The maximum atomic E-state index is 10.3. The van der Waals surface area contributed by atoms with Gasteiger partial charge in [0.15, 0.2) is 5.82 Å². The van der Waals surface area contributed by atoms with Gasteiger partial charge in [-0.2, -0.15) is 4.98 Å². The third kappa shape index (κ3) is 5.21. The fraction of sp³-hybridized carbons (Fsp3) is 0.714. The first kappa shape index (κ1) is 16.5. The van der Waals surface area contributed by atoms with Crippen LogP contribution in [-0.2, 0) is 0 Å². The zero-order valence-corrected chi connectivity index (χ0v) is 13.0. The Kier molecular flexibility index (Phi) is 5.56. The third-order valence-corrected chi connectivity index (χ3v) is 2.68. The molecule has 1 unspecified atom stereocenters. The van der Waals surface area contributed by atoms with E-state index in [9.17, 15) is 5.11 Å². The van der Waals surface area contributed by atoms with Crippen LogP contribution in [-0.4, -0.2) is 33.3 Å². The monoisotopic (exact) mass is 282 g/mol. The van der Waals surface area contributed by atoms with Gasteiger partial charge in [0.05, 0.1) is 11.7 Å². The van der Waals surface area contributed by atoms with Crippen molar-refractivity contribution in [1.82, 2.24) is 9.97 Å². The van der Waals surface area contributed by atoms with Gasteiger partial charge in [-0.1, -0.05) is 13.8 Å². The van der Waals surface area contributed by atoms with Gasteiger partial charge in [0.2, 0.25) is 5.88 Å². The standard InChI is InChI=1S/C14H26N4O2/c1-9(2)6-14(5,19)7-16-12-11(15)13(18-8-17-12)20-10(3)4/h8-10,19H,6-7,15H2,1-5H3,(H,16,17,18). The molecule has 1 aromatic rings. The summed E-state index contributed by atoms with van der Waals surface area (Å²) in [6.45, 7) is 10.1. The SMILES string of the molecule is CC(C)CC(C)(O)CNc1ncnc(OC(C)C)c1N. The molecule has 0 saturated heterocycles. The smallest absolute Gasteiger partial charge is 0.242 e. The molecule has 0 amide bonds. The number of nitrogens with two attached hydrogens (primary N) is 1. The second-order valence-electron chi connectivity index (χ2n) is 6.06. The van der Waals surface area contributed by atoms with Gasteiger partial charge in [0.1, 0.15) is 12.0 Å². The predicted octanol–water partition coefficient (Wildman–Crippen LogP) is 2.06. The van der Waals surface area contributed by atoms with Crippen molar-refractivity contribution in [2.45, 2.75) is 52.7 Å². The average Bonchev–Trinajstić information content (AvgIpc) is 2.28. The Morgan fingerprint density at radius 2 is 2.00 bits per heavy atom. The van der Waals surface area contributed by atoms with Gasteiger partial charge in [-0.3, -0.25) is 0 Å². The summed E-state index contributed by atoms with van der Waals surface area (Å²) in [6, 6.07) is 0. The molecule has 0 spiro atoms. The van der Waals surface area contributed by atoms with E-state index in [-0.39, 0.29) is 6.10 Å². The Bertz CT molecular complexity index is 433. The summed E-state index contributed by atoms with van der Waals surface area (Å²) < 4.78 is 5.50. The van der Waals surface area contributed by atoms with Crippen LogP contribution in [0.1, 0.15) is 41.0 Å². The minimum atomic E-state index is -0.815. The van der Waals surface area contributed by atoms with E-state index in [1.807, 2.05) is 13.8 Å². The van der Waals surface area contributed by atoms with E-state index in [1.54, 1.807) is 6.92 Å². The molecule has 1 heterocycles. The van der Waals surface area contributed by atoms with Crippen LogP contribution in [0.25, 0.3) is 0 Å². The first-order chi connectivity index (χ1) is 9.21. The Hall–Kier alpha value is -1.56. The van der Waals surface area contributed by atoms with E-state index in [0.29, 0.717) is 36.3 Å². The highest BCUT2D eigenvalue weighted by Crippen LogP contribution is 2.26. The Labute approximate surface area is 120 Å². The van der Waals surface area contributed by atoms with Crippen molar-refractivity contribution < 1.29 is 9.84 Å². The number of nitrogen functional groups attached to an aromatic ring is 1. The topological polar surface area (TPSA) is 93.3 Å². The summed E-state index contributed by atoms with van der Waals surface area (Å²) in [6.07, 6.45) is 2.08. The van der Waals surface area contributed by atoms with Crippen molar-refractivity contribution in [2.75, 3.05) is 17.6 Å². The molecule has 1 atom stereocenters. The van der Waals surface area contributed by atoms with Crippen LogP contribution in [0.3, 0.4) is 0 Å². The van der Waals surface area contributed by atoms with Gasteiger partial charge >= 0.3 is 0 Å². The molecule has 1 rings (SSSR count). The lowest BCUT2D eigenvalue weighted by Gasteiger charge is -2.26. The lowest BCUT2D eigenvalue weighted by molar-refractivity contribution is 0.0515. The summed E-state index contributed by atoms with van der Waals surface area (Å²) in [5.41, 5.74) is 5.52. The minimum Gasteiger partial charge on any atom is -0.473 e. The number of ether oxygens (including phenoxy) is 1. The summed E-state index contributed by atoms with van der Waals surface area (Å²) >= 11 is 0. The number of aromatic nitrogens is 2. The molecular formula is C14H26N4O2. The molecule has 0 saturated carbocycles. The second-order valence-corrected chi connectivity index (χ2v) is 6.06. The lowest BCUT2D eigenvalue weighted by atomic mass is 9.94. The highest BCUT2D eigenvalue weighted by atomic mass is 16.5. The van der Waals surface area contributed by atoms with Gasteiger partial charge in [-0.25, -0.2) is 4.98 Å². The Morgan fingerprint density at radius 1 is 1.35 bits per heavy atom. The molecule has 20 heavy (non-hydrogen) atoms. The molecule has 6 heteroatoms. The highest BCUT2D eigenvalue weighted by Gasteiger charge is 2.22. The second kappa shape index (κ2) is 6.74. The molecule has 114 valence electrons. The van der Waals surface area contributed by atoms with Crippen LogP contribution < -0.4 is 15.8 Å². The quantitative estimate of drug-likeness (QED) is 0.708. The zero-order valence-electron chi connectivity index (χ0n) is 13.0. The lowest BCUT2D eigenvalue weighted by Crippen LogP contribution is -2.35. The molecule has 0 radical (unpaired) electrons. The molecule has 4 N–H and O–H groups in total. The van der Waals surface area contributed by atoms with E-state index < -0.39 is 5.60 Å². The van der Waals surface area contributed by atoms with Gasteiger partial charge in [0, 0.05) is 6.54 Å². The maximum Gasteiger partial charge on any atom is 0.242 e. The van der Waals surface area contributed by atoms with Crippen LogP contribution in [0.4, 0.5) is 11.5 Å². The van der Waals surface area contributed by atoms with Crippen molar-refractivity contribution in [1.29, 1.82) is 0 Å². The van der Waals surface area contributed by atoms with Crippen LogP contribution in [0.2, 0.25) is 0 Å². The number of hydrogen-bond acceptors (Lipinski definition) is 6. The highest BCUT2D eigenvalue weighted by molar-refractivity contribution is 5.66. The van der Waals surface area contributed by atoms with Crippen LogP contribution in [0.5, 0.6) is 5.88 Å². The fourth-order valence-electron chi connectivity index (χ4n) is 2.06. The van der Waals surface area contributed by atoms with Crippen LogP contribution >= 0.6 is 0 Å². The summed E-state index contributed by atoms with van der Waals surface area (Å²) in [4.78, 5) is 8.10. The molecular weight excluding hydrogens is 256 g/mol. The van der Waals surface area contributed by atoms with E-state index in [1.165, 1.54) is 6.33 Å². The number of nitrogens with zero attached hydrogens (tertiary/aromatic N) is 2.